The minimum absolute atomic E-state index is 0.276. The van der Waals surface area contributed by atoms with Crippen molar-refractivity contribution in [2.45, 2.75) is 32.4 Å². The van der Waals surface area contributed by atoms with Gasteiger partial charge in [-0.05, 0) is 37.5 Å². The van der Waals surface area contributed by atoms with Crippen molar-refractivity contribution in [1.29, 1.82) is 0 Å². The first-order chi connectivity index (χ1) is 9.11. The summed E-state index contributed by atoms with van der Waals surface area (Å²) >= 11 is 0. The van der Waals surface area contributed by atoms with Crippen molar-refractivity contribution < 1.29 is 9.13 Å². The summed E-state index contributed by atoms with van der Waals surface area (Å²) in [6, 6.07) is 5.41. The van der Waals surface area contributed by atoms with E-state index in [-0.39, 0.29) is 11.6 Å². The van der Waals surface area contributed by atoms with Gasteiger partial charge >= 0.3 is 0 Å². The number of benzene rings is 1. The molecule has 5 heteroatoms. The number of ether oxygens (including phenoxy) is 1. The SMILES string of the molecule is CCOc1ccc(CN=C(N)N(C)C2CC2)cc1F. The summed E-state index contributed by atoms with van der Waals surface area (Å²) in [4.78, 5) is 6.26. The first-order valence-electron chi connectivity index (χ1n) is 6.55. The van der Waals surface area contributed by atoms with Gasteiger partial charge in [0.2, 0.25) is 0 Å². The molecule has 1 aromatic rings. The first-order valence-corrected chi connectivity index (χ1v) is 6.55. The van der Waals surface area contributed by atoms with Crippen LogP contribution in [-0.4, -0.2) is 30.6 Å². The van der Waals surface area contributed by atoms with Crippen LogP contribution >= 0.6 is 0 Å². The molecule has 0 aromatic heterocycles. The lowest BCUT2D eigenvalue weighted by molar-refractivity contribution is 0.321. The van der Waals surface area contributed by atoms with E-state index in [9.17, 15) is 4.39 Å². The Morgan fingerprint density at radius 3 is 2.84 bits per heavy atom. The Labute approximate surface area is 113 Å². The third kappa shape index (κ3) is 3.59. The van der Waals surface area contributed by atoms with Gasteiger partial charge in [0, 0.05) is 13.1 Å². The molecule has 1 aliphatic carbocycles. The molecule has 0 spiro atoms. The van der Waals surface area contributed by atoms with E-state index in [1.54, 1.807) is 6.07 Å². The molecular formula is C14H20FN3O. The Bertz CT molecular complexity index is 472. The Hall–Kier alpha value is -1.78. The van der Waals surface area contributed by atoms with E-state index in [2.05, 4.69) is 4.99 Å². The molecule has 0 saturated heterocycles. The maximum atomic E-state index is 13.6. The maximum Gasteiger partial charge on any atom is 0.191 e. The summed E-state index contributed by atoms with van der Waals surface area (Å²) in [5.74, 6) is 0.429. The van der Waals surface area contributed by atoms with Gasteiger partial charge in [-0.15, -0.1) is 0 Å². The van der Waals surface area contributed by atoms with Gasteiger partial charge in [-0.1, -0.05) is 6.07 Å². The Morgan fingerprint density at radius 1 is 1.53 bits per heavy atom. The highest BCUT2D eigenvalue weighted by Crippen LogP contribution is 2.25. The monoisotopic (exact) mass is 265 g/mol. The van der Waals surface area contributed by atoms with Gasteiger partial charge in [-0.25, -0.2) is 9.38 Å². The molecule has 0 heterocycles. The third-order valence-electron chi connectivity index (χ3n) is 3.18. The average molecular weight is 265 g/mol. The van der Waals surface area contributed by atoms with E-state index in [4.69, 9.17) is 10.5 Å². The van der Waals surface area contributed by atoms with Crippen molar-refractivity contribution in [1.82, 2.24) is 4.90 Å². The Kier molecular flexibility index (Phi) is 4.24. The van der Waals surface area contributed by atoms with Gasteiger partial charge < -0.3 is 15.4 Å². The fourth-order valence-corrected chi connectivity index (χ4v) is 1.85. The van der Waals surface area contributed by atoms with E-state index in [0.29, 0.717) is 25.2 Å². The van der Waals surface area contributed by atoms with Crippen molar-refractivity contribution in [2.75, 3.05) is 13.7 Å². The van der Waals surface area contributed by atoms with Crippen LogP contribution in [0.15, 0.2) is 23.2 Å². The maximum absolute atomic E-state index is 13.6. The van der Waals surface area contributed by atoms with Crippen LogP contribution < -0.4 is 10.5 Å². The van der Waals surface area contributed by atoms with Gasteiger partial charge in [-0.3, -0.25) is 0 Å². The predicted octanol–water partition coefficient (Wildman–Crippen LogP) is 2.13. The molecule has 4 nitrogen and oxygen atoms in total. The smallest absolute Gasteiger partial charge is 0.191 e. The molecular weight excluding hydrogens is 245 g/mol. The lowest BCUT2D eigenvalue weighted by atomic mass is 10.2. The van der Waals surface area contributed by atoms with E-state index < -0.39 is 0 Å². The lowest BCUT2D eigenvalue weighted by Crippen LogP contribution is -2.35. The van der Waals surface area contributed by atoms with E-state index in [0.717, 1.165) is 5.56 Å². The molecule has 1 aliphatic rings. The number of guanidine groups is 1. The highest BCUT2D eigenvalue weighted by molar-refractivity contribution is 5.78. The highest BCUT2D eigenvalue weighted by Gasteiger charge is 2.27. The molecule has 104 valence electrons. The number of hydrogen-bond donors (Lipinski definition) is 1. The molecule has 1 aromatic carbocycles. The number of rotatable bonds is 5. The van der Waals surface area contributed by atoms with Crippen molar-refractivity contribution in [2.24, 2.45) is 10.7 Å². The van der Waals surface area contributed by atoms with E-state index in [1.165, 1.54) is 18.9 Å². The standard InChI is InChI=1S/C14H20FN3O/c1-3-19-13-7-4-10(8-12(13)15)9-17-14(16)18(2)11-5-6-11/h4,7-8,11H,3,5-6,9H2,1-2H3,(H2,16,17). The first kappa shape index (κ1) is 13.6. The van der Waals surface area contributed by atoms with Crippen molar-refractivity contribution in [3.8, 4) is 5.75 Å². The van der Waals surface area contributed by atoms with Crippen LogP contribution in [0.4, 0.5) is 4.39 Å². The molecule has 0 amide bonds. The van der Waals surface area contributed by atoms with Crippen LogP contribution in [0.5, 0.6) is 5.75 Å². The third-order valence-corrected chi connectivity index (χ3v) is 3.18. The molecule has 1 saturated carbocycles. The van der Waals surface area contributed by atoms with Crippen molar-refractivity contribution >= 4 is 5.96 Å². The topological polar surface area (TPSA) is 50.9 Å². The predicted molar refractivity (Wildman–Crippen MR) is 73.7 cm³/mol. The fourth-order valence-electron chi connectivity index (χ4n) is 1.85. The molecule has 2 rings (SSSR count). The van der Waals surface area contributed by atoms with Gasteiger partial charge in [0.1, 0.15) is 0 Å². The minimum atomic E-state index is -0.358. The van der Waals surface area contributed by atoms with Crippen molar-refractivity contribution in [3.63, 3.8) is 0 Å². The zero-order valence-corrected chi connectivity index (χ0v) is 11.4. The number of aliphatic imine (C=N–C) groups is 1. The number of nitrogens with zero attached hydrogens (tertiary/aromatic N) is 2. The fraction of sp³-hybridized carbons (Fsp3) is 0.500. The summed E-state index contributed by atoms with van der Waals surface area (Å²) in [7, 11) is 1.94. The number of halogens is 1. The van der Waals surface area contributed by atoms with Gasteiger partial charge in [-0.2, -0.15) is 0 Å². The normalized spacial score (nSPS) is 15.4. The molecule has 2 N–H and O–H groups in total. The van der Waals surface area contributed by atoms with E-state index >= 15 is 0 Å². The van der Waals surface area contributed by atoms with Crippen molar-refractivity contribution in [3.05, 3.63) is 29.6 Å². The molecule has 0 bridgehead atoms. The van der Waals surface area contributed by atoms with Gasteiger partial charge in [0.05, 0.1) is 13.2 Å². The zero-order valence-electron chi connectivity index (χ0n) is 11.4. The quantitative estimate of drug-likeness (QED) is 0.655. The summed E-state index contributed by atoms with van der Waals surface area (Å²) in [6.45, 7) is 2.66. The zero-order chi connectivity index (χ0) is 13.8. The summed E-state index contributed by atoms with van der Waals surface area (Å²) in [6.07, 6.45) is 2.34. The molecule has 19 heavy (non-hydrogen) atoms. The molecule has 1 fully saturated rings. The van der Waals surface area contributed by atoms with Crippen LogP contribution in [0.25, 0.3) is 0 Å². The summed E-state index contributed by atoms with van der Waals surface area (Å²) < 4.78 is 18.8. The Balaban J connectivity index is 1.98. The second-order valence-electron chi connectivity index (χ2n) is 4.71. The molecule has 0 atom stereocenters. The number of nitrogens with two attached hydrogens (primary N) is 1. The molecule has 0 radical (unpaired) electrons. The second-order valence-corrected chi connectivity index (χ2v) is 4.71. The second kappa shape index (κ2) is 5.91. The van der Waals surface area contributed by atoms with Crippen LogP contribution in [0.1, 0.15) is 25.3 Å². The Morgan fingerprint density at radius 2 is 2.26 bits per heavy atom. The minimum Gasteiger partial charge on any atom is -0.491 e. The van der Waals surface area contributed by atoms with Crippen LogP contribution in [-0.2, 0) is 6.54 Å². The van der Waals surface area contributed by atoms with Gasteiger partial charge in [0.25, 0.3) is 0 Å². The molecule has 0 aliphatic heterocycles. The largest absolute Gasteiger partial charge is 0.491 e. The highest BCUT2D eigenvalue weighted by atomic mass is 19.1. The summed E-state index contributed by atoms with van der Waals surface area (Å²) in [5, 5.41) is 0. The van der Waals surface area contributed by atoms with Crippen LogP contribution in [0.2, 0.25) is 0 Å². The van der Waals surface area contributed by atoms with Crippen LogP contribution in [0, 0.1) is 5.82 Å². The number of hydrogen-bond acceptors (Lipinski definition) is 2. The molecule has 0 unspecified atom stereocenters. The van der Waals surface area contributed by atoms with Crippen LogP contribution in [0.3, 0.4) is 0 Å². The van der Waals surface area contributed by atoms with Gasteiger partial charge in [0.15, 0.2) is 17.5 Å². The summed E-state index contributed by atoms with van der Waals surface area (Å²) in [5.41, 5.74) is 6.66. The average Bonchev–Trinajstić information content (AvgIpc) is 3.22. The van der Waals surface area contributed by atoms with E-state index in [1.807, 2.05) is 24.9 Å². The lowest BCUT2D eigenvalue weighted by Gasteiger charge is -2.16.